The fourth-order valence-electron chi connectivity index (χ4n) is 4.22. The standard InChI is InChI=1S/C29H25ClN2O2/c1-20-12-14-32(15-13-20)19-26-17-28(33)27-16-21(3-11-29(27)34-26)2-9-25-10-6-23(18-31-25)22-4-7-24(30)8-5-22/h3-8,10-11,16-18,20H,12-15,19H2,1H3. The highest BCUT2D eigenvalue weighted by Crippen LogP contribution is 2.22. The maximum absolute atomic E-state index is 12.8. The zero-order valence-electron chi connectivity index (χ0n) is 19.1. The van der Waals surface area contributed by atoms with Crippen LogP contribution in [0.15, 0.2) is 76.1 Å². The van der Waals surface area contributed by atoms with Gasteiger partial charge in [-0.3, -0.25) is 9.69 Å². The second-order valence-corrected chi connectivity index (χ2v) is 9.37. The number of hydrogen-bond acceptors (Lipinski definition) is 4. The van der Waals surface area contributed by atoms with Crippen molar-refractivity contribution in [2.24, 2.45) is 5.92 Å². The molecule has 1 aliphatic rings. The molecule has 0 saturated carbocycles. The maximum atomic E-state index is 12.8. The molecule has 170 valence electrons. The van der Waals surface area contributed by atoms with Crippen LogP contribution in [0.1, 0.15) is 36.8 Å². The van der Waals surface area contributed by atoms with Crippen molar-refractivity contribution in [3.8, 4) is 23.0 Å². The van der Waals surface area contributed by atoms with Crippen LogP contribution in [0, 0.1) is 17.8 Å². The maximum Gasteiger partial charge on any atom is 0.193 e. The Morgan fingerprint density at radius 1 is 1.00 bits per heavy atom. The number of piperidine rings is 1. The number of fused-ring (bicyclic) bond motifs is 1. The summed E-state index contributed by atoms with van der Waals surface area (Å²) in [5.74, 6) is 7.69. The molecule has 0 bridgehead atoms. The van der Waals surface area contributed by atoms with Gasteiger partial charge in [-0.15, -0.1) is 0 Å². The van der Waals surface area contributed by atoms with Crippen molar-refractivity contribution < 1.29 is 4.42 Å². The molecule has 1 saturated heterocycles. The Morgan fingerprint density at radius 3 is 2.50 bits per heavy atom. The van der Waals surface area contributed by atoms with Gasteiger partial charge in [0.2, 0.25) is 0 Å². The largest absolute Gasteiger partial charge is 0.459 e. The van der Waals surface area contributed by atoms with E-state index in [0.29, 0.717) is 28.2 Å². The van der Waals surface area contributed by atoms with E-state index in [4.69, 9.17) is 16.0 Å². The number of hydrogen-bond donors (Lipinski definition) is 0. The molecule has 3 heterocycles. The van der Waals surface area contributed by atoms with Gasteiger partial charge in [0.1, 0.15) is 17.0 Å². The first kappa shape index (κ1) is 22.4. The van der Waals surface area contributed by atoms with E-state index in [1.807, 2.05) is 48.5 Å². The summed E-state index contributed by atoms with van der Waals surface area (Å²) in [7, 11) is 0. The monoisotopic (exact) mass is 468 g/mol. The minimum Gasteiger partial charge on any atom is -0.459 e. The van der Waals surface area contributed by atoms with Gasteiger partial charge in [0.25, 0.3) is 0 Å². The lowest BCUT2D eigenvalue weighted by atomic mass is 9.99. The summed E-state index contributed by atoms with van der Waals surface area (Å²) in [6.45, 7) is 5.07. The summed E-state index contributed by atoms with van der Waals surface area (Å²) < 4.78 is 6.04. The van der Waals surface area contributed by atoms with Crippen LogP contribution in [-0.4, -0.2) is 23.0 Å². The van der Waals surface area contributed by atoms with E-state index >= 15 is 0 Å². The highest BCUT2D eigenvalue weighted by Gasteiger charge is 2.17. The van der Waals surface area contributed by atoms with E-state index in [9.17, 15) is 4.79 Å². The smallest absolute Gasteiger partial charge is 0.193 e. The number of rotatable bonds is 3. The van der Waals surface area contributed by atoms with E-state index in [-0.39, 0.29) is 5.43 Å². The molecule has 0 amide bonds. The fraction of sp³-hybridized carbons (Fsp3) is 0.241. The molecule has 1 fully saturated rings. The van der Waals surface area contributed by atoms with Crippen LogP contribution in [0.3, 0.4) is 0 Å². The van der Waals surface area contributed by atoms with E-state index in [2.05, 4.69) is 28.6 Å². The summed E-state index contributed by atoms with van der Waals surface area (Å²) >= 11 is 5.96. The molecular weight excluding hydrogens is 444 g/mol. The predicted octanol–water partition coefficient (Wildman–Crippen LogP) is 6.14. The van der Waals surface area contributed by atoms with Crippen LogP contribution in [0.2, 0.25) is 5.02 Å². The van der Waals surface area contributed by atoms with Gasteiger partial charge in [-0.05, 0) is 79.7 Å². The van der Waals surface area contributed by atoms with E-state index < -0.39 is 0 Å². The third-order valence-corrected chi connectivity index (χ3v) is 6.56. The minimum absolute atomic E-state index is 0.0317. The summed E-state index contributed by atoms with van der Waals surface area (Å²) in [5, 5.41) is 1.25. The number of halogens is 1. The van der Waals surface area contributed by atoms with Crippen molar-refractivity contribution >= 4 is 22.6 Å². The zero-order valence-corrected chi connectivity index (χ0v) is 19.8. The van der Waals surface area contributed by atoms with Gasteiger partial charge in [0.05, 0.1) is 11.9 Å². The molecule has 5 heteroatoms. The van der Waals surface area contributed by atoms with Gasteiger partial charge >= 0.3 is 0 Å². The molecular formula is C29H25ClN2O2. The summed E-state index contributed by atoms with van der Waals surface area (Å²) in [6.07, 6.45) is 4.18. The van der Waals surface area contributed by atoms with E-state index in [0.717, 1.165) is 41.5 Å². The average Bonchev–Trinajstić information content (AvgIpc) is 2.85. The molecule has 0 N–H and O–H groups in total. The Hall–Kier alpha value is -3.39. The second-order valence-electron chi connectivity index (χ2n) is 8.94. The number of likely N-dealkylation sites (tertiary alicyclic amines) is 1. The Labute approximate surface area is 204 Å². The zero-order chi connectivity index (χ0) is 23.5. The molecule has 1 aliphatic heterocycles. The molecule has 4 nitrogen and oxygen atoms in total. The van der Waals surface area contributed by atoms with Gasteiger partial charge < -0.3 is 4.42 Å². The Bertz CT molecular complexity index is 1420. The molecule has 2 aromatic heterocycles. The lowest BCUT2D eigenvalue weighted by Crippen LogP contribution is -2.32. The molecule has 4 aromatic rings. The number of benzene rings is 2. The number of aromatic nitrogens is 1. The van der Waals surface area contributed by atoms with Crippen LogP contribution in [0.4, 0.5) is 0 Å². The SMILES string of the molecule is CC1CCN(Cc2cc(=O)c3cc(C#Cc4ccc(-c5ccc(Cl)cc5)cn4)ccc3o2)CC1. The van der Waals surface area contributed by atoms with E-state index in [1.165, 1.54) is 12.8 Å². The topological polar surface area (TPSA) is 46.3 Å². The molecule has 0 unspecified atom stereocenters. The molecule has 5 rings (SSSR count). The first-order chi connectivity index (χ1) is 16.5. The van der Waals surface area contributed by atoms with Gasteiger partial charge in [0, 0.05) is 28.4 Å². The Kier molecular flexibility index (Phi) is 6.49. The third kappa shape index (κ3) is 5.22. The Balaban J connectivity index is 1.32. The first-order valence-electron chi connectivity index (χ1n) is 11.6. The Morgan fingerprint density at radius 2 is 1.76 bits per heavy atom. The van der Waals surface area contributed by atoms with Crippen LogP contribution >= 0.6 is 11.6 Å². The van der Waals surface area contributed by atoms with Crippen molar-refractivity contribution in [1.82, 2.24) is 9.88 Å². The lowest BCUT2D eigenvalue weighted by molar-refractivity contribution is 0.174. The van der Waals surface area contributed by atoms with Crippen molar-refractivity contribution in [1.29, 1.82) is 0 Å². The van der Waals surface area contributed by atoms with Gasteiger partial charge in [-0.25, -0.2) is 4.98 Å². The summed E-state index contributed by atoms with van der Waals surface area (Å²) in [5.41, 5.74) is 4.03. The van der Waals surface area contributed by atoms with Gasteiger partial charge in [-0.1, -0.05) is 42.6 Å². The van der Waals surface area contributed by atoms with Crippen molar-refractivity contribution in [2.75, 3.05) is 13.1 Å². The van der Waals surface area contributed by atoms with Crippen molar-refractivity contribution in [3.05, 3.63) is 99.1 Å². The average molecular weight is 469 g/mol. The summed E-state index contributed by atoms with van der Waals surface area (Å²) in [4.78, 5) is 19.6. The lowest BCUT2D eigenvalue weighted by Gasteiger charge is -2.29. The second kappa shape index (κ2) is 9.85. The molecule has 0 aliphatic carbocycles. The highest BCUT2D eigenvalue weighted by molar-refractivity contribution is 6.30. The van der Waals surface area contributed by atoms with Crippen molar-refractivity contribution in [2.45, 2.75) is 26.3 Å². The van der Waals surface area contributed by atoms with Crippen LogP contribution < -0.4 is 5.43 Å². The normalized spacial score (nSPS) is 14.6. The highest BCUT2D eigenvalue weighted by atomic mass is 35.5. The quantitative estimate of drug-likeness (QED) is 0.339. The fourth-order valence-corrected chi connectivity index (χ4v) is 4.35. The minimum atomic E-state index is -0.0317. The molecule has 34 heavy (non-hydrogen) atoms. The number of nitrogens with zero attached hydrogens (tertiary/aromatic N) is 2. The predicted molar refractivity (Wildman–Crippen MR) is 137 cm³/mol. The van der Waals surface area contributed by atoms with Gasteiger partial charge in [-0.2, -0.15) is 0 Å². The molecule has 0 spiro atoms. The number of pyridine rings is 1. The molecule has 2 aromatic carbocycles. The third-order valence-electron chi connectivity index (χ3n) is 6.31. The molecule has 0 radical (unpaired) electrons. The van der Waals surface area contributed by atoms with Crippen LogP contribution in [0.5, 0.6) is 0 Å². The molecule has 0 atom stereocenters. The summed E-state index contributed by atoms with van der Waals surface area (Å²) in [6, 6.07) is 18.6. The first-order valence-corrected chi connectivity index (χ1v) is 11.9. The van der Waals surface area contributed by atoms with Crippen LogP contribution in [0.25, 0.3) is 22.1 Å². The van der Waals surface area contributed by atoms with Crippen LogP contribution in [-0.2, 0) is 6.54 Å². The van der Waals surface area contributed by atoms with Gasteiger partial charge in [0.15, 0.2) is 5.43 Å². The van der Waals surface area contributed by atoms with E-state index in [1.54, 1.807) is 18.3 Å². The van der Waals surface area contributed by atoms with Crippen molar-refractivity contribution in [3.63, 3.8) is 0 Å².